The molecule has 346 valence electrons. The third-order valence-electron chi connectivity index (χ3n) is 6.84. The van der Waals surface area contributed by atoms with Gasteiger partial charge in [-0.05, 0) is 50.2 Å². The number of carboxylic acids is 1. The Balaban J connectivity index is 0.000000341. The summed E-state index contributed by atoms with van der Waals surface area (Å²) >= 11 is 11.3. The van der Waals surface area contributed by atoms with Gasteiger partial charge in [0.05, 0.1) is 21.2 Å². The van der Waals surface area contributed by atoms with Crippen LogP contribution in [0.15, 0.2) is 36.4 Å². The number of carboxylic acid groups (broad SMARTS) is 1. The van der Waals surface area contributed by atoms with E-state index in [-0.39, 0.29) is 16.3 Å². The molecule has 0 amide bonds. The Labute approximate surface area is 346 Å². The lowest BCUT2D eigenvalue weighted by Gasteiger charge is -2.18. The highest BCUT2D eigenvalue weighted by atomic mass is 35.5. The van der Waals surface area contributed by atoms with Crippen LogP contribution in [0, 0.1) is 58.2 Å². The van der Waals surface area contributed by atoms with E-state index >= 15 is 0 Å². The van der Waals surface area contributed by atoms with E-state index in [0.29, 0.717) is 6.92 Å². The second kappa shape index (κ2) is 20.5. The fourth-order valence-electron chi connectivity index (χ4n) is 3.62. The van der Waals surface area contributed by atoms with E-state index < -0.39 is 135 Å². The zero-order valence-corrected chi connectivity index (χ0v) is 31.4. The second-order valence-corrected chi connectivity index (χ2v) is 12.1. The first kappa shape index (κ1) is 53.3. The fraction of sp³-hybridized carbons (Fsp3) is 0.206. The predicted molar refractivity (Wildman–Crippen MR) is 171 cm³/mol. The summed E-state index contributed by atoms with van der Waals surface area (Å²) in [6, 6.07) is 5.62. The Hall–Kier alpha value is -5.86. The highest BCUT2D eigenvalue weighted by Gasteiger charge is 2.43. The summed E-state index contributed by atoms with van der Waals surface area (Å²) in [6.07, 6.45) is -19.1. The molecule has 4 aromatic carbocycles. The molecular formula is C34H15Cl2F19O8. The predicted octanol–water partition coefficient (Wildman–Crippen LogP) is 11.8. The van der Waals surface area contributed by atoms with E-state index in [2.05, 4.69) is 18.9 Å². The maximum atomic E-state index is 13.5. The molecule has 0 bridgehead atoms. The van der Waals surface area contributed by atoms with Gasteiger partial charge in [0.1, 0.15) is 11.5 Å². The van der Waals surface area contributed by atoms with Gasteiger partial charge in [-0.25, -0.2) is 40.7 Å². The Morgan fingerprint density at radius 2 is 0.810 bits per heavy atom. The highest BCUT2D eigenvalue weighted by molar-refractivity contribution is 6.32. The van der Waals surface area contributed by atoms with Gasteiger partial charge in [0.15, 0.2) is 12.2 Å². The monoisotopic (exact) mass is 982 g/mol. The minimum atomic E-state index is -5.65. The van der Waals surface area contributed by atoms with Crippen molar-refractivity contribution in [3.63, 3.8) is 0 Å². The van der Waals surface area contributed by atoms with E-state index in [0.717, 1.165) is 43.3 Å². The maximum Gasteiger partial charge on any atom is 0.491 e. The van der Waals surface area contributed by atoms with Crippen LogP contribution in [0.3, 0.4) is 0 Å². The van der Waals surface area contributed by atoms with Crippen molar-refractivity contribution >= 4 is 41.1 Å². The number of alkyl halides is 9. The largest absolute Gasteiger partial charge is 0.491 e. The third-order valence-corrected chi connectivity index (χ3v) is 7.43. The van der Waals surface area contributed by atoms with Gasteiger partial charge < -0.3 is 24.1 Å². The van der Waals surface area contributed by atoms with Crippen molar-refractivity contribution in [3.05, 3.63) is 116 Å². The minimum Gasteiger partial charge on any atom is -0.480 e. The molecule has 4 aromatic rings. The molecule has 0 heterocycles. The molecule has 8 nitrogen and oxygen atoms in total. The van der Waals surface area contributed by atoms with E-state index in [1.807, 2.05) is 0 Å². The smallest absolute Gasteiger partial charge is 0.480 e. The summed E-state index contributed by atoms with van der Waals surface area (Å²) in [5.41, 5.74) is -0.678. The normalized spacial score (nSPS) is 12.5. The molecule has 0 aliphatic rings. The second-order valence-electron chi connectivity index (χ2n) is 11.3. The summed E-state index contributed by atoms with van der Waals surface area (Å²) in [5.74, 6) is -35.6. The number of carbonyl (C=O) groups excluding carboxylic acids is 2. The lowest BCUT2D eigenvalue weighted by atomic mass is 10.2. The molecule has 0 aromatic heterocycles. The SMILES string of the molecule is C[C@@H](Oc1ccc(C(=O)O)cc1Cl)C(F)(F)F.C[C@@H](Oc1ccc(C(=O)Oc2c(F)c(F)c(F)c(F)c2F)cc1Cl)C(F)(F)F.O=C(Oc1c(F)c(F)c(F)c(F)c1F)C(F)(F)F. The Morgan fingerprint density at radius 3 is 1.11 bits per heavy atom. The number of hydrogen-bond acceptors (Lipinski definition) is 7. The molecular weight excluding hydrogens is 968 g/mol. The molecule has 0 fully saturated rings. The number of carbonyl (C=O) groups is 3. The van der Waals surface area contributed by atoms with Gasteiger partial charge in [0, 0.05) is 0 Å². The van der Waals surface area contributed by atoms with E-state index in [1.54, 1.807) is 0 Å². The molecule has 63 heavy (non-hydrogen) atoms. The molecule has 0 radical (unpaired) electrons. The number of hydrogen-bond donors (Lipinski definition) is 1. The quantitative estimate of drug-likeness (QED) is 0.0611. The van der Waals surface area contributed by atoms with Crippen molar-refractivity contribution in [1.82, 2.24) is 0 Å². The lowest BCUT2D eigenvalue weighted by Crippen LogP contribution is -2.31. The number of esters is 2. The first-order valence-electron chi connectivity index (χ1n) is 15.5. The average Bonchev–Trinajstić information content (AvgIpc) is 3.18. The van der Waals surface area contributed by atoms with Crippen LogP contribution >= 0.6 is 23.2 Å². The van der Waals surface area contributed by atoms with Gasteiger partial charge in [0.2, 0.25) is 69.7 Å². The van der Waals surface area contributed by atoms with Crippen LogP contribution in [-0.4, -0.2) is 53.8 Å². The zero-order valence-electron chi connectivity index (χ0n) is 29.9. The standard InChI is InChI=1S/C16H7ClF8O3.C10H8ClF3O3.C8F8O2/c1-5(16(23,24)25)27-8-3-2-6(4-7(8)17)15(26)28-14-12(21)10(19)9(18)11(20)13(14)22;1-5(10(12,13)14)17-8-3-2-6(9(15)16)4-7(8)11;9-1-2(10)4(12)6(5(13)3(1)11)18-7(17)8(14,15)16/h2-5H,1H3;2-5H,1H3,(H,15,16);/t2*5-;/m11./s1. The topological polar surface area (TPSA) is 108 Å². The van der Waals surface area contributed by atoms with Gasteiger partial charge in [-0.1, -0.05) is 23.2 Å². The first-order valence-corrected chi connectivity index (χ1v) is 16.2. The van der Waals surface area contributed by atoms with Crippen molar-refractivity contribution in [2.45, 2.75) is 44.6 Å². The molecule has 0 saturated heterocycles. The summed E-state index contributed by atoms with van der Waals surface area (Å²) in [6.45, 7) is 1.53. The van der Waals surface area contributed by atoms with Crippen LogP contribution in [0.2, 0.25) is 10.0 Å². The zero-order chi connectivity index (χ0) is 48.9. The van der Waals surface area contributed by atoms with Crippen LogP contribution in [-0.2, 0) is 4.79 Å². The number of benzene rings is 4. The van der Waals surface area contributed by atoms with E-state index in [9.17, 15) is 97.8 Å². The van der Waals surface area contributed by atoms with Crippen molar-refractivity contribution < 1.29 is 122 Å². The molecule has 0 aliphatic carbocycles. The van der Waals surface area contributed by atoms with Crippen LogP contribution < -0.4 is 18.9 Å². The van der Waals surface area contributed by atoms with Crippen molar-refractivity contribution in [1.29, 1.82) is 0 Å². The van der Waals surface area contributed by atoms with Crippen LogP contribution in [0.5, 0.6) is 23.0 Å². The summed E-state index contributed by atoms with van der Waals surface area (Å²) < 4.78 is 255. The van der Waals surface area contributed by atoms with Crippen molar-refractivity contribution in [3.8, 4) is 23.0 Å². The minimum absolute atomic E-state index is 0.123. The lowest BCUT2D eigenvalue weighted by molar-refractivity contribution is -0.190. The number of ether oxygens (including phenoxy) is 4. The van der Waals surface area contributed by atoms with E-state index in [1.165, 1.54) is 0 Å². The van der Waals surface area contributed by atoms with Crippen LogP contribution in [0.1, 0.15) is 34.6 Å². The molecule has 0 aliphatic heterocycles. The van der Waals surface area contributed by atoms with Gasteiger partial charge >= 0.3 is 36.4 Å². The Morgan fingerprint density at radius 1 is 0.508 bits per heavy atom. The molecule has 4 rings (SSSR count). The molecule has 29 heteroatoms. The van der Waals surface area contributed by atoms with E-state index in [4.69, 9.17) is 28.3 Å². The van der Waals surface area contributed by atoms with Crippen LogP contribution in [0.4, 0.5) is 83.4 Å². The van der Waals surface area contributed by atoms with Gasteiger partial charge in [-0.2, -0.15) is 57.1 Å². The molecule has 0 saturated carbocycles. The summed E-state index contributed by atoms with van der Waals surface area (Å²) in [5, 5.41) is 7.95. The first-order chi connectivity index (χ1) is 28.6. The van der Waals surface area contributed by atoms with Crippen LogP contribution in [0.25, 0.3) is 0 Å². The summed E-state index contributed by atoms with van der Waals surface area (Å²) in [4.78, 5) is 32.7. The number of halogens is 21. The summed E-state index contributed by atoms with van der Waals surface area (Å²) in [7, 11) is 0. The van der Waals surface area contributed by atoms with Gasteiger partial charge in [-0.3, -0.25) is 0 Å². The number of aromatic carboxylic acids is 1. The molecule has 0 unspecified atom stereocenters. The van der Waals surface area contributed by atoms with Crippen molar-refractivity contribution in [2.24, 2.45) is 0 Å². The van der Waals surface area contributed by atoms with Gasteiger partial charge in [-0.15, -0.1) is 0 Å². The Kier molecular flexibility index (Phi) is 17.4. The Bertz CT molecular complexity index is 2310. The van der Waals surface area contributed by atoms with Gasteiger partial charge in [0.25, 0.3) is 0 Å². The maximum absolute atomic E-state index is 13.5. The molecule has 2 atom stereocenters. The third kappa shape index (κ3) is 13.6. The number of rotatable bonds is 8. The molecule has 0 spiro atoms. The highest BCUT2D eigenvalue weighted by Crippen LogP contribution is 2.35. The molecule has 1 N–H and O–H groups in total. The fourth-order valence-corrected chi connectivity index (χ4v) is 4.07. The van der Waals surface area contributed by atoms with Crippen molar-refractivity contribution in [2.75, 3.05) is 0 Å². The average molecular weight is 983 g/mol.